The molecule has 1 saturated heterocycles. The highest BCUT2D eigenvalue weighted by Crippen LogP contribution is 2.40. The lowest BCUT2D eigenvalue weighted by molar-refractivity contribution is -0.137. The summed E-state index contributed by atoms with van der Waals surface area (Å²) in [5, 5.41) is 19.4. The lowest BCUT2D eigenvalue weighted by Crippen LogP contribution is -2.38. The molecule has 1 unspecified atom stereocenters. The molecular formula is C29H26N4O4S. The number of hydrogen-bond donors (Lipinski definition) is 2. The van der Waals surface area contributed by atoms with E-state index in [0.29, 0.717) is 18.1 Å². The number of amides is 1. The summed E-state index contributed by atoms with van der Waals surface area (Å²) in [4.78, 5) is 35.7. The second kappa shape index (κ2) is 10.9. The van der Waals surface area contributed by atoms with Crippen LogP contribution in [-0.4, -0.2) is 52.3 Å². The Morgan fingerprint density at radius 1 is 1.00 bits per heavy atom. The third-order valence-corrected chi connectivity index (χ3v) is 7.27. The van der Waals surface area contributed by atoms with Gasteiger partial charge in [-0.05, 0) is 16.7 Å². The van der Waals surface area contributed by atoms with Crippen LogP contribution < -0.4 is 5.32 Å². The maximum Gasteiger partial charge on any atom is 0.360 e. The van der Waals surface area contributed by atoms with Crippen LogP contribution in [0.2, 0.25) is 0 Å². The molecule has 38 heavy (non-hydrogen) atoms. The minimum atomic E-state index is -1.29. The van der Waals surface area contributed by atoms with Crippen LogP contribution >= 0.6 is 11.3 Å². The van der Waals surface area contributed by atoms with Gasteiger partial charge >= 0.3 is 5.97 Å². The smallest absolute Gasteiger partial charge is 0.360 e. The molecule has 1 aliphatic rings. The standard InChI is InChI=1S/C29H26N4O4S/c1-33-18-17-24(26(33)34)37-32-25(27(35)36)23-19-38-28(30-23)31-29(20-11-5-2-6-12-20,21-13-7-3-8-14-21)22-15-9-4-10-16-22/h2-16,19,24H,17-18H2,1H3,(H,30,31)(H,35,36)/b32-25+. The van der Waals surface area contributed by atoms with Crippen LogP contribution in [0.5, 0.6) is 0 Å². The Bertz CT molecular complexity index is 1340. The Hall–Kier alpha value is -4.50. The van der Waals surface area contributed by atoms with Gasteiger partial charge in [0.25, 0.3) is 5.91 Å². The quantitative estimate of drug-likeness (QED) is 0.188. The van der Waals surface area contributed by atoms with Gasteiger partial charge in [0.1, 0.15) is 11.2 Å². The van der Waals surface area contributed by atoms with Crippen molar-refractivity contribution in [2.75, 3.05) is 18.9 Å². The van der Waals surface area contributed by atoms with Gasteiger partial charge in [0.15, 0.2) is 5.13 Å². The minimum absolute atomic E-state index is 0.145. The third kappa shape index (κ3) is 4.88. The van der Waals surface area contributed by atoms with Crippen molar-refractivity contribution in [1.82, 2.24) is 9.88 Å². The van der Waals surface area contributed by atoms with Crippen LogP contribution in [0.4, 0.5) is 5.13 Å². The number of thiazole rings is 1. The van der Waals surface area contributed by atoms with Crippen molar-refractivity contribution < 1.29 is 19.5 Å². The van der Waals surface area contributed by atoms with Gasteiger partial charge in [0, 0.05) is 25.4 Å². The molecule has 2 heterocycles. The number of likely N-dealkylation sites (N-methyl/N-ethyl adjacent to an activating group) is 1. The van der Waals surface area contributed by atoms with Crippen LogP contribution in [-0.2, 0) is 20.0 Å². The molecule has 9 heteroatoms. The van der Waals surface area contributed by atoms with Crippen molar-refractivity contribution in [2.45, 2.75) is 18.1 Å². The molecule has 1 aromatic heterocycles. The average molecular weight is 527 g/mol. The summed E-state index contributed by atoms with van der Waals surface area (Å²) < 4.78 is 0. The summed E-state index contributed by atoms with van der Waals surface area (Å²) in [5.74, 6) is -1.52. The number of nitrogens with one attached hydrogen (secondary N) is 1. The normalized spacial score (nSPS) is 15.9. The van der Waals surface area contributed by atoms with Crippen molar-refractivity contribution >= 4 is 34.1 Å². The monoisotopic (exact) mass is 526 g/mol. The fraction of sp³-hybridized carbons (Fsp3) is 0.172. The van der Waals surface area contributed by atoms with E-state index in [9.17, 15) is 14.7 Å². The fourth-order valence-corrected chi connectivity index (χ4v) is 5.33. The highest BCUT2D eigenvalue weighted by atomic mass is 32.1. The van der Waals surface area contributed by atoms with Gasteiger partial charge in [0.05, 0.1) is 0 Å². The Morgan fingerprint density at radius 2 is 1.53 bits per heavy atom. The molecule has 5 rings (SSSR count). The highest BCUT2D eigenvalue weighted by molar-refractivity contribution is 7.14. The number of rotatable bonds is 9. The second-order valence-electron chi connectivity index (χ2n) is 8.90. The molecule has 3 aromatic carbocycles. The number of likely N-dealkylation sites (tertiary alicyclic amines) is 1. The number of carboxylic acid groups (broad SMARTS) is 1. The summed E-state index contributed by atoms with van der Waals surface area (Å²) in [6.45, 7) is 0.534. The van der Waals surface area contributed by atoms with Gasteiger partial charge in [-0.1, -0.05) is 96.2 Å². The third-order valence-electron chi connectivity index (χ3n) is 6.51. The minimum Gasteiger partial charge on any atom is -0.476 e. The summed E-state index contributed by atoms with van der Waals surface area (Å²) in [5.41, 5.74) is 1.96. The molecule has 0 bridgehead atoms. The fourth-order valence-electron chi connectivity index (χ4n) is 4.58. The van der Waals surface area contributed by atoms with Gasteiger partial charge in [-0.25, -0.2) is 9.78 Å². The molecule has 0 radical (unpaired) electrons. The Balaban J connectivity index is 1.55. The van der Waals surface area contributed by atoms with E-state index in [2.05, 4.69) is 51.9 Å². The molecule has 2 N–H and O–H groups in total. The Kier molecular flexibility index (Phi) is 7.19. The van der Waals surface area contributed by atoms with E-state index in [1.54, 1.807) is 12.4 Å². The maximum atomic E-state index is 12.1. The van der Waals surface area contributed by atoms with Gasteiger partial charge in [-0.3, -0.25) is 4.79 Å². The lowest BCUT2D eigenvalue weighted by Gasteiger charge is -2.36. The van der Waals surface area contributed by atoms with Gasteiger partial charge < -0.3 is 20.2 Å². The zero-order chi connectivity index (χ0) is 26.5. The summed E-state index contributed by atoms with van der Waals surface area (Å²) >= 11 is 1.27. The van der Waals surface area contributed by atoms with E-state index in [1.165, 1.54) is 16.2 Å². The number of benzene rings is 3. The van der Waals surface area contributed by atoms with Gasteiger partial charge in [-0.2, -0.15) is 0 Å². The topological polar surface area (TPSA) is 104 Å². The number of carbonyl (C=O) groups excluding carboxylic acids is 1. The first-order valence-corrected chi connectivity index (χ1v) is 13.0. The van der Waals surface area contributed by atoms with Crippen molar-refractivity contribution in [3.63, 3.8) is 0 Å². The molecule has 1 atom stereocenters. The first kappa shape index (κ1) is 25.2. The first-order chi connectivity index (χ1) is 18.5. The predicted octanol–water partition coefficient (Wildman–Crippen LogP) is 4.58. The van der Waals surface area contributed by atoms with Crippen molar-refractivity contribution in [2.24, 2.45) is 5.16 Å². The Labute approximate surface area is 224 Å². The van der Waals surface area contributed by atoms with E-state index < -0.39 is 17.6 Å². The highest BCUT2D eigenvalue weighted by Gasteiger charge is 2.37. The maximum absolute atomic E-state index is 12.1. The molecule has 8 nitrogen and oxygen atoms in total. The predicted molar refractivity (Wildman–Crippen MR) is 146 cm³/mol. The van der Waals surface area contributed by atoms with Crippen molar-refractivity contribution in [3.05, 3.63) is 119 Å². The average Bonchev–Trinajstić information content (AvgIpc) is 3.54. The van der Waals surface area contributed by atoms with E-state index >= 15 is 0 Å². The van der Waals surface area contributed by atoms with Crippen LogP contribution in [0.3, 0.4) is 0 Å². The van der Waals surface area contributed by atoms with Crippen molar-refractivity contribution in [3.8, 4) is 0 Å². The number of anilines is 1. The molecule has 1 amide bonds. The van der Waals surface area contributed by atoms with Crippen molar-refractivity contribution in [1.29, 1.82) is 0 Å². The molecular weight excluding hydrogens is 500 g/mol. The van der Waals surface area contributed by atoms with Crippen LogP contribution in [0.25, 0.3) is 0 Å². The molecule has 4 aromatic rings. The molecule has 0 aliphatic carbocycles. The molecule has 1 aliphatic heterocycles. The van der Waals surface area contributed by atoms with Crippen LogP contribution in [0, 0.1) is 0 Å². The number of aromatic nitrogens is 1. The SMILES string of the molecule is CN1CCC(O/N=C(/C(=O)O)c2csc(NC(c3ccccc3)(c3ccccc3)c3ccccc3)n2)C1=O. The van der Waals surface area contributed by atoms with Crippen LogP contribution in [0.15, 0.2) is 102 Å². The first-order valence-electron chi connectivity index (χ1n) is 12.1. The van der Waals surface area contributed by atoms with Crippen LogP contribution in [0.1, 0.15) is 28.8 Å². The number of carbonyl (C=O) groups is 2. The van der Waals surface area contributed by atoms with E-state index in [1.807, 2.05) is 54.6 Å². The zero-order valence-electron chi connectivity index (χ0n) is 20.7. The Morgan fingerprint density at radius 3 is 1.97 bits per heavy atom. The second-order valence-corrected chi connectivity index (χ2v) is 9.76. The number of nitrogens with zero attached hydrogens (tertiary/aromatic N) is 3. The van der Waals surface area contributed by atoms with Gasteiger partial charge in [-0.15, -0.1) is 11.3 Å². The zero-order valence-corrected chi connectivity index (χ0v) is 21.5. The molecule has 0 spiro atoms. The summed E-state index contributed by atoms with van der Waals surface area (Å²) in [6.07, 6.45) is -0.351. The number of aliphatic carboxylic acids is 1. The largest absolute Gasteiger partial charge is 0.476 e. The molecule has 0 saturated carbocycles. The van der Waals surface area contributed by atoms with E-state index in [0.717, 1.165) is 16.7 Å². The van der Waals surface area contributed by atoms with E-state index in [4.69, 9.17) is 4.84 Å². The number of oxime groups is 1. The summed E-state index contributed by atoms with van der Waals surface area (Å²) in [7, 11) is 1.67. The summed E-state index contributed by atoms with van der Waals surface area (Å²) in [6, 6.07) is 30.1. The molecule has 192 valence electrons. The number of hydrogen-bond acceptors (Lipinski definition) is 7. The van der Waals surface area contributed by atoms with Gasteiger partial charge in [0.2, 0.25) is 11.8 Å². The number of carboxylic acids is 1. The molecule has 1 fully saturated rings. The lowest BCUT2D eigenvalue weighted by atomic mass is 9.77. The van der Waals surface area contributed by atoms with E-state index in [-0.39, 0.29) is 17.3 Å².